The largest absolute Gasteiger partial charge is 0.497 e. The molecule has 1 heterocycles. The molecule has 0 saturated carbocycles. The third kappa shape index (κ3) is 4.67. The second-order valence-corrected chi connectivity index (χ2v) is 7.42. The number of ether oxygens (including phenoxy) is 2. The number of nitrogens with one attached hydrogen (secondary N) is 2. The number of benzene rings is 3. The quantitative estimate of drug-likeness (QED) is 0.592. The van der Waals surface area contributed by atoms with Gasteiger partial charge in [-0.3, -0.25) is 9.59 Å². The Morgan fingerprint density at radius 2 is 1.66 bits per heavy atom. The molecular weight excluding hydrogens is 406 g/mol. The Morgan fingerprint density at radius 1 is 0.906 bits per heavy atom. The molecule has 2 amide bonds. The minimum Gasteiger partial charge on any atom is -0.497 e. The number of anilines is 3. The second-order valence-electron chi connectivity index (χ2n) is 7.42. The van der Waals surface area contributed by atoms with E-state index in [-0.39, 0.29) is 18.4 Å². The normalized spacial score (nSPS) is 12.1. The van der Waals surface area contributed by atoms with E-state index in [2.05, 4.69) is 16.7 Å². The Morgan fingerprint density at radius 3 is 2.41 bits per heavy atom. The van der Waals surface area contributed by atoms with E-state index in [0.29, 0.717) is 35.0 Å². The molecule has 0 unspecified atom stereocenters. The van der Waals surface area contributed by atoms with Gasteiger partial charge < -0.3 is 25.0 Å². The lowest BCUT2D eigenvalue weighted by molar-refractivity contribution is -0.114. The Balaban J connectivity index is 1.39. The van der Waals surface area contributed by atoms with Crippen molar-refractivity contribution in [1.29, 1.82) is 0 Å². The number of fused-ring (bicyclic) bond motifs is 1. The minimum atomic E-state index is -0.231. The molecular formula is C25H25N3O4. The van der Waals surface area contributed by atoms with Gasteiger partial charge >= 0.3 is 0 Å². The van der Waals surface area contributed by atoms with Crippen molar-refractivity contribution in [2.24, 2.45) is 0 Å². The summed E-state index contributed by atoms with van der Waals surface area (Å²) in [5.74, 6) is 0.890. The van der Waals surface area contributed by atoms with Gasteiger partial charge in [-0.2, -0.15) is 0 Å². The van der Waals surface area contributed by atoms with Crippen molar-refractivity contribution in [3.63, 3.8) is 0 Å². The molecule has 0 aromatic heterocycles. The molecule has 4 rings (SSSR count). The first-order valence-electron chi connectivity index (χ1n) is 10.3. The molecule has 0 bridgehead atoms. The fourth-order valence-corrected chi connectivity index (χ4v) is 3.73. The Hall–Kier alpha value is -4.00. The van der Waals surface area contributed by atoms with Crippen molar-refractivity contribution in [3.8, 4) is 11.5 Å². The first-order chi connectivity index (χ1) is 15.6. The van der Waals surface area contributed by atoms with Crippen LogP contribution in [0.3, 0.4) is 0 Å². The van der Waals surface area contributed by atoms with Crippen molar-refractivity contribution in [1.82, 2.24) is 0 Å². The molecule has 3 aromatic rings. The molecule has 0 atom stereocenters. The molecule has 164 valence electrons. The summed E-state index contributed by atoms with van der Waals surface area (Å²) in [6.07, 6.45) is 0.856. The summed E-state index contributed by atoms with van der Waals surface area (Å²) in [5, 5.41) is 5.90. The molecule has 0 radical (unpaired) electrons. The number of rotatable bonds is 7. The van der Waals surface area contributed by atoms with Gasteiger partial charge in [-0.1, -0.05) is 24.3 Å². The van der Waals surface area contributed by atoms with Crippen molar-refractivity contribution >= 4 is 28.9 Å². The fourth-order valence-electron chi connectivity index (χ4n) is 3.73. The molecule has 1 aliphatic heterocycles. The zero-order valence-electron chi connectivity index (χ0n) is 18.1. The summed E-state index contributed by atoms with van der Waals surface area (Å²) < 4.78 is 10.5. The number of carbonyl (C=O) groups is 2. The zero-order chi connectivity index (χ0) is 22.5. The Labute approximate surface area is 187 Å². The van der Waals surface area contributed by atoms with Gasteiger partial charge in [0, 0.05) is 47.4 Å². The summed E-state index contributed by atoms with van der Waals surface area (Å²) >= 11 is 0. The van der Waals surface area contributed by atoms with Crippen LogP contribution in [0.5, 0.6) is 11.5 Å². The SMILES string of the molecule is COc1cc(NC(=O)CNc2cccc(C(=O)N3CCc4ccccc43)c2)cc(OC)c1. The molecule has 0 spiro atoms. The summed E-state index contributed by atoms with van der Waals surface area (Å²) in [6.45, 7) is 0.714. The molecule has 7 nitrogen and oxygen atoms in total. The zero-order valence-corrected chi connectivity index (χ0v) is 18.1. The van der Waals surface area contributed by atoms with Crippen molar-refractivity contribution in [2.75, 3.05) is 42.8 Å². The molecule has 0 saturated heterocycles. The Bertz CT molecular complexity index is 1120. The molecule has 3 aromatic carbocycles. The number of amides is 2. The second kappa shape index (κ2) is 9.43. The predicted octanol–water partition coefficient (Wildman–Crippen LogP) is 3.96. The first kappa shape index (κ1) is 21.2. The van der Waals surface area contributed by atoms with Crippen LogP contribution in [-0.2, 0) is 11.2 Å². The van der Waals surface area contributed by atoms with E-state index in [9.17, 15) is 9.59 Å². The number of methoxy groups -OCH3 is 2. The maximum absolute atomic E-state index is 13.1. The number of para-hydroxylation sites is 1. The minimum absolute atomic E-state index is 0.0454. The lowest BCUT2D eigenvalue weighted by Gasteiger charge is -2.18. The van der Waals surface area contributed by atoms with Crippen LogP contribution in [0.4, 0.5) is 17.1 Å². The lowest BCUT2D eigenvalue weighted by atomic mass is 10.1. The Kier molecular flexibility index (Phi) is 6.26. The topological polar surface area (TPSA) is 79.9 Å². The highest BCUT2D eigenvalue weighted by molar-refractivity contribution is 6.07. The predicted molar refractivity (Wildman–Crippen MR) is 125 cm³/mol. The van der Waals surface area contributed by atoms with Crippen LogP contribution in [0.15, 0.2) is 66.7 Å². The van der Waals surface area contributed by atoms with Gasteiger partial charge in [0.2, 0.25) is 5.91 Å². The number of hydrogen-bond acceptors (Lipinski definition) is 5. The van der Waals surface area contributed by atoms with Crippen LogP contribution in [0.2, 0.25) is 0 Å². The standard InChI is InChI=1S/C25H25N3O4/c1-31-21-13-20(14-22(15-21)32-2)27-24(29)16-26-19-8-5-7-18(12-19)25(30)28-11-10-17-6-3-4-9-23(17)28/h3-9,12-15,26H,10-11,16H2,1-2H3,(H,27,29). The number of carbonyl (C=O) groups excluding carboxylic acids is 2. The van der Waals surface area contributed by atoms with E-state index >= 15 is 0 Å². The molecule has 7 heteroatoms. The number of nitrogens with zero attached hydrogens (tertiary/aromatic N) is 1. The van der Waals surface area contributed by atoms with Crippen LogP contribution in [-0.4, -0.2) is 39.1 Å². The van der Waals surface area contributed by atoms with E-state index in [1.54, 1.807) is 49.5 Å². The monoisotopic (exact) mass is 431 g/mol. The average molecular weight is 431 g/mol. The molecule has 0 fully saturated rings. The van der Waals surface area contributed by atoms with Gasteiger partial charge in [-0.25, -0.2) is 0 Å². The van der Waals surface area contributed by atoms with Gasteiger partial charge in [-0.15, -0.1) is 0 Å². The molecule has 2 N–H and O–H groups in total. The third-order valence-electron chi connectivity index (χ3n) is 5.33. The average Bonchev–Trinajstić information content (AvgIpc) is 3.26. The van der Waals surface area contributed by atoms with Crippen molar-refractivity contribution in [3.05, 3.63) is 77.9 Å². The van der Waals surface area contributed by atoms with Gasteiger partial charge in [-0.05, 0) is 36.2 Å². The van der Waals surface area contributed by atoms with Crippen LogP contribution in [0, 0.1) is 0 Å². The summed E-state index contributed by atoms with van der Waals surface area (Å²) in [6, 6.07) is 20.3. The summed E-state index contributed by atoms with van der Waals surface area (Å²) in [4.78, 5) is 27.3. The smallest absolute Gasteiger partial charge is 0.258 e. The van der Waals surface area contributed by atoms with Gasteiger partial charge in [0.15, 0.2) is 0 Å². The van der Waals surface area contributed by atoms with Gasteiger partial charge in [0.25, 0.3) is 5.91 Å². The fraction of sp³-hybridized carbons (Fsp3) is 0.200. The summed E-state index contributed by atoms with van der Waals surface area (Å²) in [5.41, 5.74) is 3.99. The van der Waals surface area contributed by atoms with Crippen LogP contribution in [0.25, 0.3) is 0 Å². The maximum Gasteiger partial charge on any atom is 0.258 e. The van der Waals surface area contributed by atoms with Gasteiger partial charge in [0.05, 0.1) is 20.8 Å². The van der Waals surface area contributed by atoms with E-state index in [0.717, 1.165) is 12.1 Å². The first-order valence-corrected chi connectivity index (χ1v) is 10.3. The summed E-state index contributed by atoms with van der Waals surface area (Å²) in [7, 11) is 3.11. The lowest BCUT2D eigenvalue weighted by Crippen LogP contribution is -2.29. The van der Waals surface area contributed by atoms with Crippen LogP contribution in [0.1, 0.15) is 15.9 Å². The van der Waals surface area contributed by atoms with E-state index in [4.69, 9.17) is 9.47 Å². The van der Waals surface area contributed by atoms with Crippen molar-refractivity contribution in [2.45, 2.75) is 6.42 Å². The van der Waals surface area contributed by atoms with Gasteiger partial charge in [0.1, 0.15) is 11.5 Å². The molecule has 1 aliphatic rings. The van der Waals surface area contributed by atoms with Crippen molar-refractivity contribution < 1.29 is 19.1 Å². The highest BCUT2D eigenvalue weighted by Gasteiger charge is 2.25. The molecule has 0 aliphatic carbocycles. The highest BCUT2D eigenvalue weighted by atomic mass is 16.5. The van der Waals surface area contributed by atoms with Crippen LogP contribution >= 0.6 is 0 Å². The van der Waals surface area contributed by atoms with E-state index < -0.39 is 0 Å². The number of hydrogen-bond donors (Lipinski definition) is 2. The third-order valence-corrected chi connectivity index (χ3v) is 5.33. The van der Waals surface area contributed by atoms with E-state index in [1.165, 1.54) is 5.56 Å². The van der Waals surface area contributed by atoms with Crippen LogP contribution < -0.4 is 25.0 Å². The van der Waals surface area contributed by atoms with E-state index in [1.807, 2.05) is 30.3 Å². The highest BCUT2D eigenvalue weighted by Crippen LogP contribution is 2.29. The maximum atomic E-state index is 13.1. The molecule has 32 heavy (non-hydrogen) atoms.